The van der Waals surface area contributed by atoms with E-state index >= 15 is 0 Å². The first-order valence-electron chi connectivity index (χ1n) is 9.33. The van der Waals surface area contributed by atoms with E-state index in [1.807, 2.05) is 33.8 Å². The Kier molecular flexibility index (Phi) is 4.49. The van der Waals surface area contributed by atoms with Gasteiger partial charge in [-0.15, -0.1) is 5.10 Å². The molecule has 1 saturated heterocycles. The summed E-state index contributed by atoms with van der Waals surface area (Å²) >= 11 is 6.46. The summed E-state index contributed by atoms with van der Waals surface area (Å²) in [6, 6.07) is 6.76. The van der Waals surface area contributed by atoms with Crippen molar-refractivity contribution in [3.63, 3.8) is 0 Å². The van der Waals surface area contributed by atoms with Crippen LogP contribution in [0.3, 0.4) is 0 Å². The SMILES string of the molecule is COc1ccc(C2(c3cc(B4OC(C)(C)C(C)(C)O4)c(F)cc3Cl)CC2)nn1. The minimum Gasteiger partial charge on any atom is -0.480 e. The topological polar surface area (TPSA) is 53.5 Å². The van der Waals surface area contributed by atoms with Gasteiger partial charge in [-0.3, -0.25) is 0 Å². The van der Waals surface area contributed by atoms with E-state index < -0.39 is 24.1 Å². The molecular formula is C20H23BClFN2O3. The third-order valence-electron chi connectivity index (χ3n) is 6.20. The van der Waals surface area contributed by atoms with Crippen molar-refractivity contribution in [3.8, 4) is 5.88 Å². The average Bonchev–Trinajstić information content (AvgIpc) is 3.38. The Labute approximate surface area is 169 Å². The Balaban J connectivity index is 1.74. The summed E-state index contributed by atoms with van der Waals surface area (Å²) in [5.41, 5.74) is 0.487. The van der Waals surface area contributed by atoms with E-state index in [9.17, 15) is 4.39 Å². The Morgan fingerprint density at radius 1 is 1.07 bits per heavy atom. The molecule has 2 aliphatic rings. The minimum absolute atomic E-state index is 0.353. The van der Waals surface area contributed by atoms with Crippen molar-refractivity contribution in [1.29, 1.82) is 0 Å². The van der Waals surface area contributed by atoms with Gasteiger partial charge in [0, 0.05) is 22.0 Å². The Hall–Kier alpha value is -1.70. The van der Waals surface area contributed by atoms with Gasteiger partial charge in [-0.25, -0.2) is 4.39 Å². The van der Waals surface area contributed by atoms with E-state index in [1.165, 1.54) is 6.07 Å². The van der Waals surface area contributed by atoms with Crippen LogP contribution in [0.4, 0.5) is 4.39 Å². The summed E-state index contributed by atoms with van der Waals surface area (Å²) in [5, 5.41) is 8.75. The van der Waals surface area contributed by atoms with Crippen molar-refractivity contribution in [1.82, 2.24) is 10.2 Å². The molecule has 148 valence electrons. The Bertz CT molecular complexity index is 900. The highest BCUT2D eigenvalue weighted by molar-refractivity contribution is 6.62. The molecule has 1 aromatic heterocycles. The zero-order chi connectivity index (χ0) is 20.3. The van der Waals surface area contributed by atoms with Crippen LogP contribution in [-0.4, -0.2) is 35.6 Å². The summed E-state index contributed by atoms with van der Waals surface area (Å²) in [6.45, 7) is 7.77. The van der Waals surface area contributed by atoms with E-state index in [0.29, 0.717) is 16.4 Å². The average molecular weight is 405 g/mol. The Morgan fingerprint density at radius 2 is 1.71 bits per heavy atom. The van der Waals surface area contributed by atoms with Crippen molar-refractivity contribution in [2.45, 2.75) is 57.2 Å². The fraction of sp³-hybridized carbons (Fsp3) is 0.500. The van der Waals surface area contributed by atoms with Gasteiger partial charge in [0.25, 0.3) is 0 Å². The smallest absolute Gasteiger partial charge is 0.480 e. The molecule has 0 bridgehead atoms. The molecule has 0 radical (unpaired) electrons. The molecule has 0 N–H and O–H groups in total. The maximum atomic E-state index is 14.8. The number of ether oxygens (including phenoxy) is 1. The molecule has 5 nitrogen and oxygen atoms in total. The number of nitrogens with zero attached hydrogens (tertiary/aromatic N) is 2. The van der Waals surface area contributed by atoms with Gasteiger partial charge in [0.2, 0.25) is 5.88 Å². The predicted molar refractivity (Wildman–Crippen MR) is 106 cm³/mol. The van der Waals surface area contributed by atoms with Crippen LogP contribution >= 0.6 is 11.6 Å². The lowest BCUT2D eigenvalue weighted by Crippen LogP contribution is -2.41. The maximum absolute atomic E-state index is 14.8. The van der Waals surface area contributed by atoms with Gasteiger partial charge in [0.05, 0.1) is 24.0 Å². The molecule has 2 aromatic rings. The van der Waals surface area contributed by atoms with Crippen LogP contribution in [0.2, 0.25) is 5.02 Å². The number of methoxy groups -OCH3 is 1. The van der Waals surface area contributed by atoms with E-state index in [2.05, 4.69) is 10.2 Å². The van der Waals surface area contributed by atoms with E-state index in [0.717, 1.165) is 24.1 Å². The highest BCUT2D eigenvalue weighted by Crippen LogP contribution is 2.54. The monoisotopic (exact) mass is 404 g/mol. The van der Waals surface area contributed by atoms with E-state index in [-0.39, 0.29) is 5.41 Å². The lowest BCUT2D eigenvalue weighted by atomic mass is 9.76. The molecule has 1 aliphatic heterocycles. The quantitative estimate of drug-likeness (QED) is 0.728. The summed E-state index contributed by atoms with van der Waals surface area (Å²) in [5.74, 6) is 0.00604. The van der Waals surface area contributed by atoms with Crippen molar-refractivity contribution in [2.24, 2.45) is 0 Å². The molecule has 1 aliphatic carbocycles. The third-order valence-corrected chi connectivity index (χ3v) is 6.51. The molecular weight excluding hydrogens is 381 g/mol. The summed E-state index contributed by atoms with van der Waals surface area (Å²) < 4.78 is 32.0. The second-order valence-electron chi connectivity index (χ2n) is 8.48. The van der Waals surface area contributed by atoms with Gasteiger partial charge in [0.15, 0.2) is 0 Å². The number of rotatable bonds is 4. The van der Waals surface area contributed by atoms with Gasteiger partial charge >= 0.3 is 7.12 Å². The van der Waals surface area contributed by atoms with Crippen molar-refractivity contribution in [3.05, 3.63) is 46.4 Å². The molecule has 4 rings (SSSR count). The zero-order valence-corrected chi connectivity index (χ0v) is 17.4. The number of aromatic nitrogens is 2. The summed E-state index contributed by atoms with van der Waals surface area (Å²) in [6.07, 6.45) is 1.73. The fourth-order valence-electron chi connectivity index (χ4n) is 3.56. The highest BCUT2D eigenvalue weighted by atomic mass is 35.5. The van der Waals surface area contributed by atoms with Gasteiger partial charge in [0.1, 0.15) is 5.82 Å². The standard InChI is InChI=1S/C20H23BClFN2O3/c1-18(2)19(3,4)28-21(27-18)13-10-12(14(22)11-15(13)23)20(8-9-20)16-6-7-17(26-5)25-24-16/h6-7,10-11H,8-9H2,1-5H3. The lowest BCUT2D eigenvalue weighted by molar-refractivity contribution is 0.00578. The predicted octanol–water partition coefficient (Wildman–Crippen LogP) is 3.66. The van der Waals surface area contributed by atoms with Crippen LogP contribution < -0.4 is 10.2 Å². The lowest BCUT2D eigenvalue weighted by Gasteiger charge is -2.32. The Morgan fingerprint density at radius 3 is 2.21 bits per heavy atom. The highest BCUT2D eigenvalue weighted by Gasteiger charge is 2.54. The van der Waals surface area contributed by atoms with Crippen LogP contribution in [0.25, 0.3) is 0 Å². The number of hydrogen-bond acceptors (Lipinski definition) is 5. The first-order chi connectivity index (χ1) is 13.1. The first kappa shape index (κ1) is 19.6. The van der Waals surface area contributed by atoms with Gasteiger partial charge in [-0.1, -0.05) is 17.7 Å². The molecule has 1 saturated carbocycles. The third kappa shape index (κ3) is 3.00. The number of benzene rings is 1. The molecule has 0 spiro atoms. The number of halogens is 2. The van der Waals surface area contributed by atoms with Crippen LogP contribution in [0.15, 0.2) is 24.3 Å². The molecule has 0 atom stereocenters. The van der Waals surface area contributed by atoms with Crippen molar-refractivity contribution in [2.75, 3.05) is 7.11 Å². The van der Waals surface area contributed by atoms with E-state index in [1.54, 1.807) is 19.2 Å². The molecule has 8 heteroatoms. The van der Waals surface area contributed by atoms with Crippen LogP contribution in [0, 0.1) is 5.82 Å². The largest absolute Gasteiger partial charge is 0.497 e. The fourth-order valence-corrected chi connectivity index (χ4v) is 3.89. The van der Waals surface area contributed by atoms with Gasteiger partial charge < -0.3 is 14.0 Å². The normalized spacial score (nSPS) is 21.6. The summed E-state index contributed by atoms with van der Waals surface area (Å²) in [4.78, 5) is 0. The van der Waals surface area contributed by atoms with Crippen molar-refractivity contribution >= 4 is 24.2 Å². The van der Waals surface area contributed by atoms with Crippen LogP contribution in [-0.2, 0) is 14.7 Å². The van der Waals surface area contributed by atoms with Crippen molar-refractivity contribution < 1.29 is 18.4 Å². The minimum atomic E-state index is -0.793. The van der Waals surface area contributed by atoms with Gasteiger partial charge in [-0.2, -0.15) is 5.10 Å². The second kappa shape index (κ2) is 6.41. The molecule has 28 heavy (non-hydrogen) atoms. The van der Waals surface area contributed by atoms with E-state index in [4.69, 9.17) is 25.6 Å². The number of hydrogen-bond donors (Lipinski definition) is 0. The van der Waals surface area contributed by atoms with Crippen LogP contribution in [0.1, 0.15) is 51.8 Å². The molecule has 2 heterocycles. The zero-order valence-electron chi connectivity index (χ0n) is 16.7. The molecule has 0 unspecified atom stereocenters. The second-order valence-corrected chi connectivity index (χ2v) is 8.89. The molecule has 2 fully saturated rings. The van der Waals surface area contributed by atoms with Crippen LogP contribution in [0.5, 0.6) is 5.88 Å². The molecule has 0 amide bonds. The molecule has 1 aromatic carbocycles. The van der Waals surface area contributed by atoms with Gasteiger partial charge in [-0.05, 0) is 58.2 Å². The maximum Gasteiger partial charge on any atom is 0.497 e. The first-order valence-corrected chi connectivity index (χ1v) is 9.71. The summed E-state index contributed by atoms with van der Waals surface area (Å²) in [7, 11) is 0.753.